The van der Waals surface area contributed by atoms with Gasteiger partial charge in [0.15, 0.2) is 0 Å². The van der Waals surface area contributed by atoms with E-state index in [0.29, 0.717) is 18.8 Å². The summed E-state index contributed by atoms with van der Waals surface area (Å²) < 4.78 is 26.4. The number of halogens is 2. The number of alkyl halides is 2. The molecule has 6 heteroatoms. The van der Waals surface area contributed by atoms with Gasteiger partial charge < -0.3 is 5.32 Å². The Hall–Kier alpha value is -2.11. The fourth-order valence-corrected chi connectivity index (χ4v) is 2.67. The smallest absolute Gasteiger partial charge is 0.248 e. The lowest BCUT2D eigenvalue weighted by atomic mass is 9.92. The highest BCUT2D eigenvalue weighted by Gasteiger charge is 2.35. The molecule has 0 unspecified atom stereocenters. The van der Waals surface area contributed by atoms with Crippen LogP contribution in [0.2, 0.25) is 0 Å². The lowest BCUT2D eigenvalue weighted by molar-refractivity contribution is -0.0361. The molecule has 0 saturated heterocycles. The minimum atomic E-state index is -2.52. The van der Waals surface area contributed by atoms with Gasteiger partial charge in [-0.05, 0) is 37.5 Å². The SMILES string of the molecule is Cc1cnc(NC2CCC(F)(F)CC2)nc1-c1cccnc1. The molecule has 1 aliphatic carbocycles. The second-order valence-corrected chi connectivity index (χ2v) is 5.74. The molecule has 0 aromatic carbocycles. The van der Waals surface area contributed by atoms with Crippen molar-refractivity contribution >= 4 is 5.95 Å². The van der Waals surface area contributed by atoms with Crippen molar-refractivity contribution in [3.05, 3.63) is 36.3 Å². The molecular weight excluding hydrogens is 286 g/mol. The van der Waals surface area contributed by atoms with Crippen LogP contribution in [-0.2, 0) is 0 Å². The largest absolute Gasteiger partial charge is 0.351 e. The van der Waals surface area contributed by atoms with Crippen molar-refractivity contribution in [1.82, 2.24) is 15.0 Å². The van der Waals surface area contributed by atoms with Crippen LogP contribution in [0.25, 0.3) is 11.3 Å². The van der Waals surface area contributed by atoms with Crippen molar-refractivity contribution in [2.24, 2.45) is 0 Å². The predicted octanol–water partition coefficient (Wildman–Crippen LogP) is 3.84. The molecule has 0 bridgehead atoms. The number of anilines is 1. The highest BCUT2D eigenvalue weighted by Crippen LogP contribution is 2.34. The molecule has 2 aromatic rings. The number of hydrogen-bond donors (Lipinski definition) is 1. The average Bonchev–Trinajstić information content (AvgIpc) is 2.52. The quantitative estimate of drug-likeness (QED) is 0.936. The molecule has 0 aliphatic heterocycles. The van der Waals surface area contributed by atoms with Crippen molar-refractivity contribution in [2.75, 3.05) is 5.32 Å². The zero-order valence-electron chi connectivity index (χ0n) is 12.4. The van der Waals surface area contributed by atoms with Crippen LogP contribution in [0.1, 0.15) is 31.2 Å². The van der Waals surface area contributed by atoms with Crippen LogP contribution < -0.4 is 5.32 Å². The second kappa shape index (κ2) is 5.94. The van der Waals surface area contributed by atoms with Gasteiger partial charge in [0.25, 0.3) is 0 Å². The molecule has 4 nitrogen and oxygen atoms in total. The van der Waals surface area contributed by atoms with Crippen LogP contribution in [0.4, 0.5) is 14.7 Å². The van der Waals surface area contributed by atoms with E-state index in [1.165, 1.54) is 0 Å². The Kier molecular flexibility index (Phi) is 4.00. The number of rotatable bonds is 3. The van der Waals surface area contributed by atoms with Gasteiger partial charge in [-0.3, -0.25) is 4.98 Å². The van der Waals surface area contributed by atoms with Gasteiger partial charge in [0.1, 0.15) is 0 Å². The zero-order chi connectivity index (χ0) is 15.6. The Labute approximate surface area is 128 Å². The van der Waals surface area contributed by atoms with Gasteiger partial charge in [0, 0.05) is 43.0 Å². The van der Waals surface area contributed by atoms with Crippen LogP contribution in [0.3, 0.4) is 0 Å². The molecule has 1 saturated carbocycles. The van der Waals surface area contributed by atoms with Gasteiger partial charge in [-0.25, -0.2) is 18.7 Å². The summed E-state index contributed by atoms with van der Waals surface area (Å²) >= 11 is 0. The third-order valence-electron chi connectivity index (χ3n) is 3.96. The van der Waals surface area contributed by atoms with Crippen LogP contribution in [0.15, 0.2) is 30.7 Å². The minimum absolute atomic E-state index is 0.00378. The maximum absolute atomic E-state index is 13.2. The Bertz CT molecular complexity index is 636. The molecule has 0 atom stereocenters. The summed E-state index contributed by atoms with van der Waals surface area (Å²) in [5, 5.41) is 3.18. The molecule has 22 heavy (non-hydrogen) atoms. The summed E-state index contributed by atoms with van der Waals surface area (Å²) in [4.78, 5) is 12.9. The van der Waals surface area contributed by atoms with Gasteiger partial charge >= 0.3 is 0 Å². The second-order valence-electron chi connectivity index (χ2n) is 5.74. The van der Waals surface area contributed by atoms with E-state index >= 15 is 0 Å². The maximum atomic E-state index is 13.2. The fraction of sp³-hybridized carbons (Fsp3) is 0.438. The lowest BCUT2D eigenvalue weighted by Gasteiger charge is -2.28. The van der Waals surface area contributed by atoms with E-state index in [4.69, 9.17) is 0 Å². The van der Waals surface area contributed by atoms with E-state index in [1.54, 1.807) is 18.6 Å². The van der Waals surface area contributed by atoms with Crippen molar-refractivity contribution < 1.29 is 8.78 Å². The normalized spacial score (nSPS) is 18.1. The van der Waals surface area contributed by atoms with Crippen molar-refractivity contribution in [1.29, 1.82) is 0 Å². The summed E-state index contributed by atoms with van der Waals surface area (Å²) in [7, 11) is 0. The van der Waals surface area contributed by atoms with E-state index in [2.05, 4.69) is 20.3 Å². The molecule has 1 N–H and O–H groups in total. The summed E-state index contributed by atoms with van der Waals surface area (Å²) in [5.41, 5.74) is 2.68. The third kappa shape index (κ3) is 3.37. The average molecular weight is 304 g/mol. The van der Waals surface area contributed by atoms with Gasteiger partial charge in [-0.2, -0.15) is 0 Å². The fourth-order valence-electron chi connectivity index (χ4n) is 2.67. The Morgan fingerprint density at radius 3 is 2.68 bits per heavy atom. The van der Waals surface area contributed by atoms with Crippen LogP contribution in [0.5, 0.6) is 0 Å². The van der Waals surface area contributed by atoms with Gasteiger partial charge in [-0.15, -0.1) is 0 Å². The van der Waals surface area contributed by atoms with Crippen LogP contribution >= 0.6 is 0 Å². The number of aromatic nitrogens is 3. The Morgan fingerprint density at radius 2 is 2.00 bits per heavy atom. The molecule has 116 valence electrons. The first kappa shape index (κ1) is 14.8. The molecule has 1 aliphatic rings. The molecule has 0 spiro atoms. The highest BCUT2D eigenvalue weighted by molar-refractivity contribution is 5.62. The first-order valence-corrected chi connectivity index (χ1v) is 7.42. The monoisotopic (exact) mass is 304 g/mol. The summed E-state index contributed by atoms with van der Waals surface area (Å²) in [6, 6.07) is 3.80. The van der Waals surface area contributed by atoms with Crippen LogP contribution in [-0.4, -0.2) is 26.9 Å². The maximum Gasteiger partial charge on any atom is 0.248 e. The minimum Gasteiger partial charge on any atom is -0.351 e. The topological polar surface area (TPSA) is 50.7 Å². The summed E-state index contributed by atoms with van der Waals surface area (Å²) in [5.74, 6) is -2.03. The number of aryl methyl sites for hydroxylation is 1. The molecule has 2 aromatic heterocycles. The number of pyridine rings is 1. The molecule has 1 fully saturated rings. The van der Waals surface area contributed by atoms with Crippen molar-refractivity contribution in [3.63, 3.8) is 0 Å². The number of nitrogens with zero attached hydrogens (tertiary/aromatic N) is 3. The standard InChI is InChI=1S/C16H18F2N4/c1-11-9-20-15(21-13-4-6-16(17,18)7-5-13)22-14(11)12-3-2-8-19-10-12/h2-3,8-10,13H,4-7H2,1H3,(H,20,21,22). The zero-order valence-corrected chi connectivity index (χ0v) is 12.4. The molecule has 2 heterocycles. The van der Waals surface area contributed by atoms with Gasteiger partial charge in [0.05, 0.1) is 5.69 Å². The third-order valence-corrected chi connectivity index (χ3v) is 3.96. The predicted molar refractivity (Wildman–Crippen MR) is 80.8 cm³/mol. The Morgan fingerprint density at radius 1 is 1.23 bits per heavy atom. The van der Waals surface area contributed by atoms with Crippen molar-refractivity contribution in [2.45, 2.75) is 44.6 Å². The van der Waals surface area contributed by atoms with E-state index in [-0.39, 0.29) is 18.9 Å². The van der Waals surface area contributed by atoms with E-state index < -0.39 is 5.92 Å². The van der Waals surface area contributed by atoms with E-state index in [0.717, 1.165) is 16.8 Å². The van der Waals surface area contributed by atoms with E-state index in [9.17, 15) is 8.78 Å². The van der Waals surface area contributed by atoms with Crippen molar-refractivity contribution in [3.8, 4) is 11.3 Å². The van der Waals surface area contributed by atoms with Crippen LogP contribution in [0, 0.1) is 6.92 Å². The highest BCUT2D eigenvalue weighted by atomic mass is 19.3. The number of hydrogen-bond acceptors (Lipinski definition) is 4. The molecule has 0 radical (unpaired) electrons. The molecule has 3 rings (SSSR count). The van der Waals surface area contributed by atoms with Gasteiger partial charge in [0.2, 0.25) is 11.9 Å². The number of nitrogens with one attached hydrogen (secondary N) is 1. The first-order valence-electron chi connectivity index (χ1n) is 7.42. The first-order chi connectivity index (χ1) is 10.5. The lowest BCUT2D eigenvalue weighted by Crippen LogP contribution is -2.32. The Balaban J connectivity index is 1.76. The van der Waals surface area contributed by atoms with E-state index in [1.807, 2.05) is 19.1 Å². The molecular formula is C16H18F2N4. The molecule has 0 amide bonds. The summed E-state index contributed by atoms with van der Waals surface area (Å²) in [6.07, 6.45) is 5.92. The van der Waals surface area contributed by atoms with Gasteiger partial charge in [-0.1, -0.05) is 0 Å². The summed E-state index contributed by atoms with van der Waals surface area (Å²) in [6.45, 7) is 1.94.